The maximum absolute atomic E-state index is 12.7. The van der Waals surface area contributed by atoms with Crippen LogP contribution in [0, 0.1) is 0 Å². The number of nitrogens with one attached hydrogen (secondary N) is 1. The molecule has 0 atom stereocenters. The van der Waals surface area contributed by atoms with Gasteiger partial charge in [-0.3, -0.25) is 4.79 Å². The molecule has 1 aromatic rings. The number of aromatic nitrogens is 1. The molecule has 2 N–H and O–H groups in total. The Labute approximate surface area is 125 Å². The standard InChI is InChI=1S/C13H23N3O4S/c1-10(2)16(6-5-7-17)21(19,20)11-8-12(13(18)14-3)15(4)9-11/h8-10,17H,5-7H2,1-4H3,(H,14,18). The molecule has 7 nitrogen and oxygen atoms in total. The Balaban J connectivity index is 3.19. The highest BCUT2D eigenvalue weighted by Gasteiger charge is 2.28. The van der Waals surface area contributed by atoms with E-state index < -0.39 is 10.0 Å². The topological polar surface area (TPSA) is 91.6 Å². The summed E-state index contributed by atoms with van der Waals surface area (Å²) in [7, 11) is -0.581. The molecule has 0 unspecified atom stereocenters. The second kappa shape index (κ2) is 7.06. The van der Waals surface area contributed by atoms with Crippen LogP contribution in [0.4, 0.5) is 0 Å². The number of carbonyl (C=O) groups is 1. The molecule has 1 amide bonds. The minimum Gasteiger partial charge on any atom is -0.396 e. The summed E-state index contributed by atoms with van der Waals surface area (Å²) < 4.78 is 28.1. The maximum Gasteiger partial charge on any atom is 0.267 e. The van der Waals surface area contributed by atoms with Gasteiger partial charge in [0.25, 0.3) is 5.91 Å². The quantitative estimate of drug-likeness (QED) is 0.750. The smallest absolute Gasteiger partial charge is 0.267 e. The van der Waals surface area contributed by atoms with Crippen LogP contribution in [0.15, 0.2) is 17.2 Å². The molecule has 0 bridgehead atoms. The third-order valence-corrected chi connectivity index (χ3v) is 5.20. The number of nitrogens with zero attached hydrogens (tertiary/aromatic N) is 2. The summed E-state index contributed by atoms with van der Waals surface area (Å²) in [4.78, 5) is 11.8. The normalized spacial score (nSPS) is 12.1. The van der Waals surface area contributed by atoms with Gasteiger partial charge < -0.3 is 15.0 Å². The van der Waals surface area contributed by atoms with Crippen LogP contribution in [-0.2, 0) is 17.1 Å². The summed E-state index contributed by atoms with van der Waals surface area (Å²) in [6.45, 7) is 3.72. The molecule has 0 saturated heterocycles. The van der Waals surface area contributed by atoms with Crippen LogP contribution in [-0.4, -0.2) is 54.5 Å². The predicted molar refractivity (Wildman–Crippen MR) is 79.5 cm³/mol. The van der Waals surface area contributed by atoms with E-state index in [4.69, 9.17) is 5.11 Å². The zero-order valence-corrected chi connectivity index (χ0v) is 13.6. The molecule has 120 valence electrons. The van der Waals surface area contributed by atoms with Gasteiger partial charge in [0.1, 0.15) is 10.6 Å². The number of amides is 1. The average molecular weight is 317 g/mol. The monoisotopic (exact) mass is 317 g/mol. The molecule has 21 heavy (non-hydrogen) atoms. The Kier molecular flexibility index (Phi) is 5.94. The molecule has 0 aromatic carbocycles. The van der Waals surface area contributed by atoms with Crippen molar-refractivity contribution >= 4 is 15.9 Å². The molecule has 0 saturated carbocycles. The van der Waals surface area contributed by atoms with Gasteiger partial charge in [0.15, 0.2) is 0 Å². The first-order chi connectivity index (χ1) is 9.75. The first-order valence-corrected chi connectivity index (χ1v) is 8.20. The van der Waals surface area contributed by atoms with E-state index in [1.165, 1.54) is 28.2 Å². The molecule has 0 spiro atoms. The van der Waals surface area contributed by atoms with Crippen molar-refractivity contribution < 1.29 is 18.3 Å². The maximum atomic E-state index is 12.7. The third kappa shape index (κ3) is 3.84. The molecule has 0 radical (unpaired) electrons. The molecular weight excluding hydrogens is 294 g/mol. The number of hydrogen-bond acceptors (Lipinski definition) is 4. The van der Waals surface area contributed by atoms with E-state index in [9.17, 15) is 13.2 Å². The molecule has 0 aliphatic heterocycles. The van der Waals surface area contributed by atoms with Gasteiger partial charge in [-0.2, -0.15) is 4.31 Å². The lowest BCUT2D eigenvalue weighted by molar-refractivity contribution is 0.0955. The fourth-order valence-corrected chi connectivity index (χ4v) is 3.79. The van der Waals surface area contributed by atoms with Crippen LogP contribution in [0.5, 0.6) is 0 Å². The van der Waals surface area contributed by atoms with Crippen molar-refractivity contribution in [3.05, 3.63) is 18.0 Å². The molecule has 0 fully saturated rings. The van der Waals surface area contributed by atoms with Gasteiger partial charge in [0.05, 0.1) is 0 Å². The summed E-state index contributed by atoms with van der Waals surface area (Å²) in [5, 5.41) is 11.4. The van der Waals surface area contributed by atoms with Crippen molar-refractivity contribution in [2.45, 2.75) is 31.2 Å². The van der Waals surface area contributed by atoms with Crippen molar-refractivity contribution in [2.75, 3.05) is 20.2 Å². The van der Waals surface area contributed by atoms with Gasteiger partial charge in [0.2, 0.25) is 10.0 Å². The van der Waals surface area contributed by atoms with E-state index in [2.05, 4.69) is 5.32 Å². The fraction of sp³-hybridized carbons (Fsp3) is 0.615. The SMILES string of the molecule is CNC(=O)c1cc(S(=O)(=O)N(CCCO)C(C)C)cn1C. The number of aliphatic hydroxyl groups excluding tert-OH is 1. The van der Waals surface area contributed by atoms with Crippen molar-refractivity contribution in [2.24, 2.45) is 7.05 Å². The van der Waals surface area contributed by atoms with Crippen LogP contribution in [0.1, 0.15) is 30.8 Å². The van der Waals surface area contributed by atoms with Crippen LogP contribution < -0.4 is 5.32 Å². The Morgan fingerprint density at radius 3 is 2.57 bits per heavy atom. The van der Waals surface area contributed by atoms with E-state index in [0.717, 1.165) is 0 Å². The summed E-state index contributed by atoms with van der Waals surface area (Å²) in [5.41, 5.74) is 0.280. The van der Waals surface area contributed by atoms with E-state index in [1.54, 1.807) is 20.9 Å². The Morgan fingerprint density at radius 2 is 2.10 bits per heavy atom. The molecule has 0 aliphatic rings. The minimum atomic E-state index is -3.69. The summed E-state index contributed by atoms with van der Waals surface area (Å²) >= 11 is 0. The average Bonchev–Trinajstić information content (AvgIpc) is 2.80. The van der Waals surface area contributed by atoms with E-state index in [0.29, 0.717) is 6.42 Å². The van der Waals surface area contributed by atoms with Gasteiger partial charge in [-0.05, 0) is 26.3 Å². The van der Waals surface area contributed by atoms with Crippen LogP contribution >= 0.6 is 0 Å². The summed E-state index contributed by atoms with van der Waals surface area (Å²) in [6.07, 6.45) is 1.79. The van der Waals surface area contributed by atoms with Crippen molar-refractivity contribution in [1.82, 2.24) is 14.2 Å². The van der Waals surface area contributed by atoms with Crippen LogP contribution in [0.25, 0.3) is 0 Å². The third-order valence-electron chi connectivity index (χ3n) is 3.16. The summed E-state index contributed by atoms with van der Waals surface area (Å²) in [5.74, 6) is -0.342. The van der Waals surface area contributed by atoms with Gasteiger partial charge in [-0.1, -0.05) is 0 Å². The highest BCUT2D eigenvalue weighted by molar-refractivity contribution is 7.89. The molecular formula is C13H23N3O4S. The van der Waals surface area contributed by atoms with E-state index in [-0.39, 0.29) is 35.7 Å². The first-order valence-electron chi connectivity index (χ1n) is 6.76. The molecule has 0 aliphatic carbocycles. The number of aryl methyl sites for hydroxylation is 1. The van der Waals surface area contributed by atoms with Crippen molar-refractivity contribution in [3.63, 3.8) is 0 Å². The van der Waals surface area contributed by atoms with Gasteiger partial charge in [-0.15, -0.1) is 0 Å². The van der Waals surface area contributed by atoms with E-state index in [1.807, 2.05) is 0 Å². The van der Waals surface area contributed by atoms with Gasteiger partial charge in [0, 0.05) is 39.5 Å². The lowest BCUT2D eigenvalue weighted by Gasteiger charge is -2.25. The Bertz CT molecular complexity index is 593. The summed E-state index contributed by atoms with van der Waals surface area (Å²) in [6, 6.07) is 1.13. The molecule has 1 aromatic heterocycles. The van der Waals surface area contributed by atoms with Crippen molar-refractivity contribution in [3.8, 4) is 0 Å². The predicted octanol–water partition coefficient (Wildman–Crippen LogP) is 0.166. The number of hydrogen-bond donors (Lipinski definition) is 2. The number of carbonyl (C=O) groups excluding carboxylic acids is 1. The van der Waals surface area contributed by atoms with Gasteiger partial charge in [-0.25, -0.2) is 8.42 Å². The largest absolute Gasteiger partial charge is 0.396 e. The first kappa shape index (κ1) is 17.7. The second-order valence-corrected chi connectivity index (χ2v) is 6.93. The lowest BCUT2D eigenvalue weighted by Crippen LogP contribution is -2.37. The van der Waals surface area contributed by atoms with Gasteiger partial charge >= 0.3 is 0 Å². The van der Waals surface area contributed by atoms with Crippen LogP contribution in [0.2, 0.25) is 0 Å². The second-order valence-electron chi connectivity index (χ2n) is 5.04. The molecule has 8 heteroatoms. The lowest BCUT2D eigenvalue weighted by atomic mass is 10.3. The fourth-order valence-electron chi connectivity index (χ4n) is 2.05. The highest BCUT2D eigenvalue weighted by atomic mass is 32.2. The number of sulfonamides is 1. The van der Waals surface area contributed by atoms with E-state index >= 15 is 0 Å². The molecule has 1 rings (SSSR count). The highest BCUT2D eigenvalue weighted by Crippen LogP contribution is 2.21. The van der Waals surface area contributed by atoms with Crippen molar-refractivity contribution in [1.29, 1.82) is 0 Å². The Morgan fingerprint density at radius 1 is 1.48 bits per heavy atom. The minimum absolute atomic E-state index is 0.0724. The number of aliphatic hydroxyl groups is 1. The number of rotatable bonds is 7. The molecule has 1 heterocycles. The zero-order chi connectivity index (χ0) is 16.2. The Hall–Kier alpha value is -1.38. The van der Waals surface area contributed by atoms with Crippen LogP contribution in [0.3, 0.4) is 0 Å². The zero-order valence-electron chi connectivity index (χ0n) is 12.8.